The molecule has 0 saturated carbocycles. The van der Waals surface area contributed by atoms with Crippen molar-refractivity contribution in [3.63, 3.8) is 0 Å². The molecule has 0 amide bonds. The summed E-state index contributed by atoms with van der Waals surface area (Å²) in [6.45, 7) is 3.85. The largest absolute Gasteiger partial charge is 0.303 e. The highest BCUT2D eigenvalue weighted by atomic mass is 32.4. The van der Waals surface area contributed by atoms with E-state index in [0.29, 0.717) is 0 Å². The van der Waals surface area contributed by atoms with E-state index < -0.39 is 6.04 Å². The minimum atomic E-state index is -1.26. The topological polar surface area (TPSA) is 3.24 Å². The molecule has 1 atom stereocenters. The molecule has 0 spiro atoms. The van der Waals surface area contributed by atoms with Gasteiger partial charge in [0, 0.05) is 6.54 Å². The number of benzene rings is 1. The van der Waals surface area contributed by atoms with E-state index in [0.717, 1.165) is 0 Å². The van der Waals surface area contributed by atoms with Crippen LogP contribution in [-0.2, 0) is 18.2 Å². The van der Waals surface area contributed by atoms with Gasteiger partial charge in [-0.3, -0.25) is 0 Å². The lowest BCUT2D eigenvalue weighted by atomic mass is 10.1. The lowest BCUT2D eigenvalue weighted by Gasteiger charge is -2.31. The van der Waals surface area contributed by atoms with Gasteiger partial charge in [0.2, 0.25) is 0 Å². The molecule has 1 unspecified atom stereocenters. The third kappa shape index (κ3) is 2.57. The first kappa shape index (κ1) is 12.8. The minimum Gasteiger partial charge on any atom is -0.303 e. The van der Waals surface area contributed by atoms with Crippen molar-refractivity contribution in [3.05, 3.63) is 29.8 Å². The first-order chi connectivity index (χ1) is 8.78. The molecule has 0 N–H and O–H groups in total. The van der Waals surface area contributed by atoms with Crippen LogP contribution in [-0.4, -0.2) is 36.9 Å². The fourth-order valence-electron chi connectivity index (χ4n) is 3.31. The van der Waals surface area contributed by atoms with Crippen LogP contribution in [0.2, 0.25) is 0 Å². The van der Waals surface area contributed by atoms with Gasteiger partial charge in [-0.25, -0.2) is 0 Å². The van der Waals surface area contributed by atoms with Crippen LogP contribution in [0.1, 0.15) is 24.8 Å². The molecule has 1 fully saturated rings. The van der Waals surface area contributed by atoms with Crippen LogP contribution in [0, 0.1) is 0 Å². The predicted molar refractivity (Wildman–Crippen MR) is 84.1 cm³/mol. The Hall–Kier alpha value is -0.170. The van der Waals surface area contributed by atoms with Crippen LogP contribution in [0.5, 0.6) is 0 Å². The molecular weight excluding hydrogens is 257 g/mol. The van der Waals surface area contributed by atoms with E-state index in [1.54, 1.807) is 10.9 Å². The number of hydrogen-bond donors (Lipinski definition) is 0. The lowest BCUT2D eigenvalue weighted by Crippen LogP contribution is -2.28. The number of likely N-dealkylation sites (tertiary alicyclic amines) is 1. The highest BCUT2D eigenvalue weighted by Crippen LogP contribution is 2.49. The summed E-state index contributed by atoms with van der Waals surface area (Å²) in [7, 11) is 0. The molecule has 3 heteroatoms. The summed E-state index contributed by atoms with van der Waals surface area (Å²) in [5.74, 6) is 0. The fraction of sp³-hybridized carbons (Fsp3) is 0.600. The molecular formula is C15H22NPS. The van der Waals surface area contributed by atoms with Gasteiger partial charge in [-0.15, -0.1) is 0 Å². The maximum Gasteiger partial charge on any atom is 0.00309 e. The van der Waals surface area contributed by atoms with Gasteiger partial charge in [0.1, 0.15) is 0 Å². The second-order valence-electron chi connectivity index (χ2n) is 5.62. The van der Waals surface area contributed by atoms with E-state index in [4.69, 9.17) is 11.8 Å². The molecule has 0 radical (unpaired) electrons. The molecule has 0 aliphatic carbocycles. The van der Waals surface area contributed by atoms with E-state index in [9.17, 15) is 0 Å². The molecule has 2 aliphatic rings. The summed E-state index contributed by atoms with van der Waals surface area (Å²) in [4.78, 5) is 2.62. The molecule has 0 bridgehead atoms. The second kappa shape index (κ2) is 5.45. The molecule has 0 aromatic heterocycles. The van der Waals surface area contributed by atoms with Crippen molar-refractivity contribution < 1.29 is 0 Å². The molecule has 1 saturated heterocycles. The normalized spacial score (nSPS) is 28.2. The first-order valence-corrected chi connectivity index (χ1v) is 10.3. The van der Waals surface area contributed by atoms with Gasteiger partial charge in [0.25, 0.3) is 0 Å². The van der Waals surface area contributed by atoms with Crippen LogP contribution >= 0.6 is 6.04 Å². The average molecular weight is 279 g/mol. The molecule has 2 aliphatic heterocycles. The maximum absolute atomic E-state index is 6.13. The van der Waals surface area contributed by atoms with Gasteiger partial charge >= 0.3 is 0 Å². The summed E-state index contributed by atoms with van der Waals surface area (Å²) < 4.78 is 0. The Morgan fingerprint density at radius 1 is 1.11 bits per heavy atom. The SMILES string of the molecule is S=P1(CCN2CCCC2)CCCc2ccccc21. The van der Waals surface area contributed by atoms with Crippen molar-refractivity contribution in [2.24, 2.45) is 0 Å². The van der Waals surface area contributed by atoms with E-state index in [1.807, 2.05) is 0 Å². The second-order valence-corrected chi connectivity index (χ2v) is 10.9. The molecule has 2 heterocycles. The van der Waals surface area contributed by atoms with Crippen molar-refractivity contribution in [2.45, 2.75) is 25.7 Å². The van der Waals surface area contributed by atoms with Crippen molar-refractivity contribution in [3.8, 4) is 0 Å². The molecule has 1 nitrogen and oxygen atoms in total. The van der Waals surface area contributed by atoms with E-state index in [1.165, 1.54) is 57.6 Å². The maximum atomic E-state index is 6.13. The predicted octanol–water partition coefficient (Wildman–Crippen LogP) is 2.83. The van der Waals surface area contributed by atoms with Crippen molar-refractivity contribution in [1.82, 2.24) is 4.90 Å². The van der Waals surface area contributed by atoms with Gasteiger partial charge < -0.3 is 4.90 Å². The third-order valence-corrected chi connectivity index (χ3v) is 9.33. The Balaban J connectivity index is 1.76. The molecule has 3 rings (SSSR count). The Morgan fingerprint density at radius 2 is 1.89 bits per heavy atom. The molecule has 1 aromatic rings. The number of fused-ring (bicyclic) bond motifs is 1. The highest BCUT2D eigenvalue weighted by Gasteiger charge is 2.26. The van der Waals surface area contributed by atoms with Crippen LogP contribution in [0.25, 0.3) is 0 Å². The Morgan fingerprint density at radius 3 is 2.72 bits per heavy atom. The number of hydrogen-bond acceptors (Lipinski definition) is 2. The summed E-state index contributed by atoms with van der Waals surface area (Å²) in [6.07, 6.45) is 7.90. The van der Waals surface area contributed by atoms with E-state index >= 15 is 0 Å². The van der Waals surface area contributed by atoms with Crippen molar-refractivity contribution >= 4 is 23.1 Å². The van der Waals surface area contributed by atoms with Crippen LogP contribution in [0.3, 0.4) is 0 Å². The fourth-order valence-corrected chi connectivity index (χ4v) is 7.52. The van der Waals surface area contributed by atoms with Gasteiger partial charge in [-0.1, -0.05) is 36.1 Å². The van der Waals surface area contributed by atoms with E-state index in [2.05, 4.69) is 29.2 Å². The zero-order valence-corrected chi connectivity index (χ0v) is 12.7. The Kier molecular flexibility index (Phi) is 3.89. The van der Waals surface area contributed by atoms with Crippen molar-refractivity contribution in [2.75, 3.05) is 32.0 Å². The highest BCUT2D eigenvalue weighted by molar-refractivity contribution is 8.18. The summed E-state index contributed by atoms with van der Waals surface area (Å²) >= 11 is 6.13. The summed E-state index contributed by atoms with van der Waals surface area (Å²) in [6, 6.07) is 7.70. The summed E-state index contributed by atoms with van der Waals surface area (Å²) in [5, 5.41) is 1.56. The number of aryl methyl sites for hydroxylation is 1. The van der Waals surface area contributed by atoms with Gasteiger partial charge in [0.05, 0.1) is 0 Å². The number of nitrogens with zero attached hydrogens (tertiary/aromatic N) is 1. The zero-order chi connectivity index (χ0) is 12.4. The standard InChI is InChI=1S/C15H22NPS/c18-17(13-11-16-9-3-4-10-16)12-5-7-14-6-1-2-8-15(14)17/h1-2,6,8H,3-5,7,9-13H2. The van der Waals surface area contributed by atoms with Gasteiger partial charge in [0.15, 0.2) is 0 Å². The quantitative estimate of drug-likeness (QED) is 0.783. The third-order valence-electron chi connectivity index (χ3n) is 4.37. The Labute approximate surface area is 116 Å². The summed E-state index contributed by atoms with van der Waals surface area (Å²) in [5.41, 5.74) is 1.55. The first-order valence-electron chi connectivity index (χ1n) is 7.17. The lowest BCUT2D eigenvalue weighted by molar-refractivity contribution is 0.361. The zero-order valence-electron chi connectivity index (χ0n) is 11.0. The van der Waals surface area contributed by atoms with Gasteiger partial charge in [-0.2, -0.15) is 0 Å². The van der Waals surface area contributed by atoms with Crippen LogP contribution in [0.15, 0.2) is 24.3 Å². The number of rotatable bonds is 3. The van der Waals surface area contributed by atoms with Crippen molar-refractivity contribution in [1.29, 1.82) is 0 Å². The molecule has 1 aromatic carbocycles. The van der Waals surface area contributed by atoms with Crippen LogP contribution < -0.4 is 5.30 Å². The molecule has 98 valence electrons. The van der Waals surface area contributed by atoms with Gasteiger partial charge in [-0.05, 0) is 68.0 Å². The average Bonchev–Trinajstić information content (AvgIpc) is 2.90. The van der Waals surface area contributed by atoms with E-state index in [-0.39, 0.29) is 0 Å². The molecule has 18 heavy (non-hydrogen) atoms. The minimum absolute atomic E-state index is 1.24. The monoisotopic (exact) mass is 279 g/mol. The Bertz CT molecular complexity index is 465. The smallest absolute Gasteiger partial charge is 0.00309 e. The van der Waals surface area contributed by atoms with Crippen LogP contribution in [0.4, 0.5) is 0 Å².